The molecule has 2 amide bonds. The lowest BCUT2D eigenvalue weighted by Crippen LogP contribution is -2.42. The molecule has 33 heavy (non-hydrogen) atoms. The first-order valence-corrected chi connectivity index (χ1v) is 11.4. The van der Waals surface area contributed by atoms with Gasteiger partial charge < -0.3 is 19.5 Å². The highest BCUT2D eigenvalue weighted by atomic mass is 16.6. The molecule has 8 nitrogen and oxygen atoms in total. The van der Waals surface area contributed by atoms with Crippen LogP contribution in [0.25, 0.3) is 0 Å². The van der Waals surface area contributed by atoms with Gasteiger partial charge in [0.25, 0.3) is 0 Å². The summed E-state index contributed by atoms with van der Waals surface area (Å²) in [5, 5.41) is 2.84. The molecule has 1 N–H and O–H groups in total. The Morgan fingerprint density at radius 2 is 1.73 bits per heavy atom. The van der Waals surface area contributed by atoms with Crippen LogP contribution in [-0.4, -0.2) is 62.4 Å². The third kappa shape index (κ3) is 5.96. The number of likely N-dealkylation sites (tertiary alicyclic amines) is 1. The van der Waals surface area contributed by atoms with Crippen molar-refractivity contribution in [3.8, 4) is 11.5 Å². The van der Waals surface area contributed by atoms with Gasteiger partial charge in [-0.3, -0.25) is 14.6 Å². The van der Waals surface area contributed by atoms with Crippen LogP contribution in [0.1, 0.15) is 26.2 Å². The van der Waals surface area contributed by atoms with Crippen molar-refractivity contribution in [3.05, 3.63) is 48.5 Å². The van der Waals surface area contributed by atoms with Gasteiger partial charge in [-0.2, -0.15) is 0 Å². The van der Waals surface area contributed by atoms with Gasteiger partial charge in [0.15, 0.2) is 0 Å². The highest BCUT2D eigenvalue weighted by molar-refractivity contribution is 5.90. The fourth-order valence-electron chi connectivity index (χ4n) is 4.15. The van der Waals surface area contributed by atoms with Crippen molar-refractivity contribution < 1.29 is 23.8 Å². The van der Waals surface area contributed by atoms with E-state index in [-0.39, 0.29) is 24.2 Å². The number of cyclic esters (lactones) is 1. The number of amides is 2. The first kappa shape index (κ1) is 22.9. The molecular weight excluding hydrogens is 422 g/mol. The van der Waals surface area contributed by atoms with Crippen molar-refractivity contribution in [1.82, 2.24) is 4.90 Å². The Kier molecular flexibility index (Phi) is 7.34. The molecule has 2 aliphatic heterocycles. The Balaban J connectivity index is 1.22. The molecule has 2 saturated heterocycles. The van der Waals surface area contributed by atoms with E-state index in [0.717, 1.165) is 55.3 Å². The fourth-order valence-corrected chi connectivity index (χ4v) is 4.15. The molecule has 4 rings (SSSR count). The molecule has 0 spiro atoms. The standard InChI is InChI=1S/C25H31N3O5/c1-3-24(29)26-18-4-8-21(9-5-18)32-22-12-14-27(15-13-22)16-23-17-28(25(30)33-23)19-6-10-20(31-2)11-7-19/h4-11,22-23H,3,12-17H2,1-2H3,(H,26,29)/t23-/m0/s1. The van der Waals surface area contributed by atoms with Crippen LogP contribution in [-0.2, 0) is 9.53 Å². The van der Waals surface area contributed by atoms with E-state index in [4.69, 9.17) is 14.2 Å². The molecule has 2 aliphatic rings. The van der Waals surface area contributed by atoms with Crippen LogP contribution in [0.2, 0.25) is 0 Å². The molecule has 0 radical (unpaired) electrons. The minimum Gasteiger partial charge on any atom is -0.497 e. The van der Waals surface area contributed by atoms with Crippen LogP contribution in [0.5, 0.6) is 11.5 Å². The van der Waals surface area contributed by atoms with Gasteiger partial charge in [0.2, 0.25) is 5.91 Å². The average Bonchev–Trinajstić information content (AvgIpc) is 3.21. The van der Waals surface area contributed by atoms with Crippen LogP contribution in [0.15, 0.2) is 48.5 Å². The predicted molar refractivity (Wildman–Crippen MR) is 126 cm³/mol. The van der Waals surface area contributed by atoms with Gasteiger partial charge in [-0.15, -0.1) is 0 Å². The second kappa shape index (κ2) is 10.6. The summed E-state index contributed by atoms with van der Waals surface area (Å²) in [6.45, 7) is 4.88. The number of methoxy groups -OCH3 is 1. The van der Waals surface area contributed by atoms with Gasteiger partial charge in [0.1, 0.15) is 23.7 Å². The lowest BCUT2D eigenvalue weighted by atomic mass is 10.1. The van der Waals surface area contributed by atoms with Crippen molar-refractivity contribution in [2.24, 2.45) is 0 Å². The number of nitrogens with one attached hydrogen (secondary N) is 1. The minimum absolute atomic E-state index is 0.00361. The summed E-state index contributed by atoms with van der Waals surface area (Å²) in [5.74, 6) is 1.56. The number of carbonyl (C=O) groups is 2. The van der Waals surface area contributed by atoms with Gasteiger partial charge >= 0.3 is 6.09 Å². The second-order valence-electron chi connectivity index (χ2n) is 8.36. The average molecular weight is 454 g/mol. The zero-order chi connectivity index (χ0) is 23.2. The van der Waals surface area contributed by atoms with Crippen LogP contribution in [0.3, 0.4) is 0 Å². The molecule has 176 valence electrons. The number of piperidine rings is 1. The van der Waals surface area contributed by atoms with Crippen molar-refractivity contribution in [3.63, 3.8) is 0 Å². The van der Waals surface area contributed by atoms with Gasteiger partial charge in [0, 0.05) is 37.4 Å². The summed E-state index contributed by atoms with van der Waals surface area (Å²) < 4.78 is 16.9. The molecule has 2 aromatic rings. The van der Waals surface area contributed by atoms with Crippen LogP contribution in [0.4, 0.5) is 16.2 Å². The molecule has 0 bridgehead atoms. The van der Waals surface area contributed by atoms with E-state index in [0.29, 0.717) is 13.0 Å². The van der Waals surface area contributed by atoms with Crippen LogP contribution in [0, 0.1) is 0 Å². The number of benzene rings is 2. The van der Waals surface area contributed by atoms with E-state index in [9.17, 15) is 9.59 Å². The number of anilines is 2. The first-order chi connectivity index (χ1) is 16.0. The molecule has 0 unspecified atom stereocenters. The monoisotopic (exact) mass is 453 g/mol. The van der Waals surface area contributed by atoms with Crippen molar-refractivity contribution >= 4 is 23.4 Å². The fraction of sp³-hybridized carbons (Fsp3) is 0.440. The molecule has 2 fully saturated rings. The van der Waals surface area contributed by atoms with E-state index >= 15 is 0 Å². The zero-order valence-corrected chi connectivity index (χ0v) is 19.2. The van der Waals surface area contributed by atoms with Gasteiger partial charge in [0.05, 0.1) is 13.7 Å². The summed E-state index contributed by atoms with van der Waals surface area (Å²) in [5.41, 5.74) is 1.59. The number of rotatable bonds is 8. The number of hydrogen-bond acceptors (Lipinski definition) is 6. The maximum atomic E-state index is 12.3. The van der Waals surface area contributed by atoms with Gasteiger partial charge in [-0.1, -0.05) is 6.92 Å². The van der Waals surface area contributed by atoms with Gasteiger partial charge in [-0.05, 0) is 61.4 Å². The zero-order valence-electron chi connectivity index (χ0n) is 19.2. The summed E-state index contributed by atoms with van der Waals surface area (Å²) >= 11 is 0. The highest BCUT2D eigenvalue weighted by Gasteiger charge is 2.34. The van der Waals surface area contributed by atoms with Crippen molar-refractivity contribution in [2.75, 3.05) is 43.5 Å². The van der Waals surface area contributed by atoms with Gasteiger partial charge in [-0.25, -0.2) is 4.79 Å². The Hall–Kier alpha value is -3.26. The van der Waals surface area contributed by atoms with Crippen molar-refractivity contribution in [1.29, 1.82) is 0 Å². The Morgan fingerprint density at radius 1 is 1.06 bits per heavy atom. The molecule has 0 saturated carbocycles. The topological polar surface area (TPSA) is 80.3 Å². The number of hydrogen-bond donors (Lipinski definition) is 1. The largest absolute Gasteiger partial charge is 0.497 e. The molecule has 0 aliphatic carbocycles. The quantitative estimate of drug-likeness (QED) is 0.653. The van der Waals surface area contributed by atoms with Crippen LogP contribution < -0.4 is 19.7 Å². The summed E-state index contributed by atoms with van der Waals surface area (Å²) in [6.07, 6.45) is 1.98. The SMILES string of the molecule is CCC(=O)Nc1ccc(OC2CCN(C[C@H]3CN(c4ccc(OC)cc4)C(=O)O3)CC2)cc1. The molecular formula is C25H31N3O5. The summed E-state index contributed by atoms with van der Waals surface area (Å²) in [7, 11) is 1.62. The molecule has 8 heteroatoms. The normalized spacial score (nSPS) is 19.3. The molecule has 2 heterocycles. The maximum absolute atomic E-state index is 12.3. The van der Waals surface area contributed by atoms with E-state index in [1.165, 1.54) is 0 Å². The smallest absolute Gasteiger partial charge is 0.414 e. The Bertz CT molecular complexity index is 940. The molecule has 2 aromatic carbocycles. The highest BCUT2D eigenvalue weighted by Crippen LogP contribution is 2.26. The maximum Gasteiger partial charge on any atom is 0.414 e. The van der Waals surface area contributed by atoms with E-state index < -0.39 is 0 Å². The summed E-state index contributed by atoms with van der Waals surface area (Å²) in [6, 6.07) is 14.9. The minimum atomic E-state index is -0.304. The predicted octanol–water partition coefficient (Wildman–Crippen LogP) is 3.91. The lowest BCUT2D eigenvalue weighted by Gasteiger charge is -2.33. The number of ether oxygens (including phenoxy) is 3. The van der Waals surface area contributed by atoms with E-state index in [2.05, 4.69) is 10.2 Å². The first-order valence-electron chi connectivity index (χ1n) is 11.4. The van der Waals surface area contributed by atoms with Crippen molar-refractivity contribution in [2.45, 2.75) is 38.4 Å². The van der Waals surface area contributed by atoms with E-state index in [1.54, 1.807) is 12.0 Å². The lowest BCUT2D eigenvalue weighted by molar-refractivity contribution is -0.115. The third-order valence-electron chi connectivity index (χ3n) is 6.02. The van der Waals surface area contributed by atoms with E-state index in [1.807, 2.05) is 55.5 Å². The Morgan fingerprint density at radius 3 is 2.36 bits per heavy atom. The number of nitrogens with zero attached hydrogens (tertiary/aromatic N) is 2. The summed E-state index contributed by atoms with van der Waals surface area (Å²) in [4.78, 5) is 27.8. The second-order valence-corrected chi connectivity index (χ2v) is 8.36. The number of carbonyl (C=O) groups excluding carboxylic acids is 2. The molecule has 0 aromatic heterocycles. The molecule has 1 atom stereocenters. The van der Waals surface area contributed by atoms with Crippen LogP contribution >= 0.6 is 0 Å². The third-order valence-corrected chi connectivity index (χ3v) is 6.02. The Labute approximate surface area is 194 Å².